The van der Waals surface area contributed by atoms with Crippen LogP contribution in [0.1, 0.15) is 5.56 Å². The molecule has 1 aromatic rings. The maximum Gasteiger partial charge on any atom is 0.324 e. The molecule has 1 heterocycles. The second-order valence-corrected chi connectivity index (χ2v) is 4.79. The van der Waals surface area contributed by atoms with Gasteiger partial charge >= 0.3 is 6.03 Å². The SMILES string of the molecule is C=C/C=C(\C=C)CN1C(=O)N(C)Cc2ccc(N)cc21. The van der Waals surface area contributed by atoms with E-state index >= 15 is 0 Å². The van der Waals surface area contributed by atoms with Crippen LogP contribution in [0.25, 0.3) is 0 Å². The number of carbonyl (C=O) groups excluding carboxylic acids is 1. The third-order valence-electron chi connectivity index (χ3n) is 3.30. The molecule has 104 valence electrons. The number of benzene rings is 1. The van der Waals surface area contributed by atoms with Crippen molar-refractivity contribution in [3.8, 4) is 0 Å². The molecule has 20 heavy (non-hydrogen) atoms. The molecular weight excluding hydrogens is 250 g/mol. The Morgan fingerprint density at radius 1 is 1.45 bits per heavy atom. The number of nitrogens with two attached hydrogens (primary N) is 1. The summed E-state index contributed by atoms with van der Waals surface area (Å²) in [5.41, 5.74) is 9.38. The van der Waals surface area contributed by atoms with Gasteiger partial charge in [0.2, 0.25) is 0 Å². The molecule has 1 aromatic carbocycles. The van der Waals surface area contributed by atoms with Gasteiger partial charge in [-0.25, -0.2) is 4.79 Å². The Bertz CT molecular complexity index is 589. The molecule has 2 N–H and O–H groups in total. The van der Waals surface area contributed by atoms with E-state index < -0.39 is 0 Å². The van der Waals surface area contributed by atoms with Crippen LogP contribution in [0.5, 0.6) is 0 Å². The zero-order chi connectivity index (χ0) is 14.7. The number of carbonyl (C=O) groups is 1. The second kappa shape index (κ2) is 5.65. The second-order valence-electron chi connectivity index (χ2n) is 4.79. The van der Waals surface area contributed by atoms with Gasteiger partial charge in [-0.05, 0) is 23.3 Å². The number of nitrogen functional groups attached to an aromatic ring is 1. The molecular formula is C16H19N3O. The summed E-state index contributed by atoms with van der Waals surface area (Å²) in [6.07, 6.45) is 5.27. The molecule has 0 bridgehead atoms. The minimum atomic E-state index is -0.0417. The molecule has 2 rings (SSSR count). The van der Waals surface area contributed by atoms with E-state index in [9.17, 15) is 4.79 Å². The van der Waals surface area contributed by atoms with Crippen molar-refractivity contribution in [3.05, 3.63) is 60.7 Å². The number of nitrogens with zero attached hydrogens (tertiary/aromatic N) is 2. The standard InChI is InChI=1S/C16H19N3O/c1-4-6-12(5-2)10-19-15-9-14(17)8-7-13(15)11-18(3)16(19)20/h4-9H,1-2,10-11,17H2,3H3/b12-6+. The summed E-state index contributed by atoms with van der Waals surface area (Å²) in [6, 6.07) is 5.62. The van der Waals surface area contributed by atoms with Crippen LogP contribution in [0.3, 0.4) is 0 Å². The molecule has 0 saturated heterocycles. The predicted molar refractivity (Wildman–Crippen MR) is 83.5 cm³/mol. The van der Waals surface area contributed by atoms with E-state index in [0.717, 1.165) is 16.8 Å². The molecule has 4 nitrogen and oxygen atoms in total. The number of hydrogen-bond acceptors (Lipinski definition) is 2. The van der Waals surface area contributed by atoms with E-state index in [4.69, 9.17) is 5.73 Å². The van der Waals surface area contributed by atoms with Crippen LogP contribution in [0, 0.1) is 0 Å². The van der Waals surface area contributed by atoms with Gasteiger partial charge < -0.3 is 10.6 Å². The normalized spacial score (nSPS) is 15.1. The average Bonchev–Trinajstić information content (AvgIpc) is 2.43. The van der Waals surface area contributed by atoms with Gasteiger partial charge in [-0.1, -0.05) is 37.5 Å². The third kappa shape index (κ3) is 2.59. The number of anilines is 2. The summed E-state index contributed by atoms with van der Waals surface area (Å²) in [5.74, 6) is 0. The monoisotopic (exact) mass is 269 g/mol. The molecule has 0 radical (unpaired) electrons. The first-order valence-electron chi connectivity index (χ1n) is 6.42. The first-order chi connectivity index (χ1) is 9.56. The van der Waals surface area contributed by atoms with Crippen molar-refractivity contribution in [1.82, 2.24) is 4.90 Å². The van der Waals surface area contributed by atoms with Gasteiger partial charge in [0.1, 0.15) is 0 Å². The number of urea groups is 1. The minimum absolute atomic E-state index is 0.0417. The lowest BCUT2D eigenvalue weighted by atomic mass is 10.1. The van der Waals surface area contributed by atoms with Crippen molar-refractivity contribution >= 4 is 17.4 Å². The zero-order valence-corrected chi connectivity index (χ0v) is 11.7. The number of allylic oxidation sites excluding steroid dienone is 2. The molecule has 0 fully saturated rings. The Labute approximate surface area is 119 Å². The van der Waals surface area contributed by atoms with Gasteiger partial charge in [0, 0.05) is 19.3 Å². The number of rotatable bonds is 4. The van der Waals surface area contributed by atoms with Crippen molar-refractivity contribution in [2.24, 2.45) is 0 Å². The Hall–Kier alpha value is -2.49. The Balaban J connectivity index is 2.43. The fraction of sp³-hybridized carbons (Fsp3) is 0.188. The van der Waals surface area contributed by atoms with Crippen LogP contribution in [-0.2, 0) is 6.54 Å². The Kier molecular flexibility index (Phi) is 3.94. The van der Waals surface area contributed by atoms with Gasteiger partial charge in [-0.3, -0.25) is 4.90 Å². The van der Waals surface area contributed by atoms with Gasteiger partial charge in [0.25, 0.3) is 0 Å². The first kappa shape index (κ1) is 13.9. The van der Waals surface area contributed by atoms with Crippen LogP contribution >= 0.6 is 0 Å². The molecule has 0 atom stereocenters. The van der Waals surface area contributed by atoms with Crippen LogP contribution in [-0.4, -0.2) is 24.5 Å². The molecule has 0 spiro atoms. The van der Waals surface area contributed by atoms with E-state index in [-0.39, 0.29) is 6.03 Å². The maximum atomic E-state index is 12.4. The van der Waals surface area contributed by atoms with E-state index in [0.29, 0.717) is 18.8 Å². The topological polar surface area (TPSA) is 49.6 Å². The van der Waals surface area contributed by atoms with Crippen LogP contribution in [0.15, 0.2) is 55.2 Å². The summed E-state index contributed by atoms with van der Waals surface area (Å²) in [6.45, 7) is 8.50. The van der Waals surface area contributed by atoms with Gasteiger partial charge in [-0.15, -0.1) is 0 Å². The van der Waals surface area contributed by atoms with Crippen molar-refractivity contribution < 1.29 is 4.79 Å². The quantitative estimate of drug-likeness (QED) is 0.675. The molecule has 1 aliphatic rings. The number of fused-ring (bicyclic) bond motifs is 1. The Morgan fingerprint density at radius 3 is 2.85 bits per heavy atom. The molecule has 0 aromatic heterocycles. The lowest BCUT2D eigenvalue weighted by Crippen LogP contribution is -2.46. The van der Waals surface area contributed by atoms with Crippen LogP contribution in [0.4, 0.5) is 16.2 Å². The summed E-state index contributed by atoms with van der Waals surface area (Å²) in [7, 11) is 1.79. The first-order valence-corrected chi connectivity index (χ1v) is 6.42. The van der Waals surface area contributed by atoms with Crippen LogP contribution in [0.2, 0.25) is 0 Å². The fourth-order valence-electron chi connectivity index (χ4n) is 2.27. The van der Waals surface area contributed by atoms with E-state index in [1.54, 1.807) is 29.0 Å². The van der Waals surface area contributed by atoms with Crippen molar-refractivity contribution in [2.45, 2.75) is 6.54 Å². The highest BCUT2D eigenvalue weighted by atomic mass is 16.2. The maximum absolute atomic E-state index is 12.4. The predicted octanol–water partition coefficient (Wildman–Crippen LogP) is 2.94. The molecule has 0 aliphatic carbocycles. The minimum Gasteiger partial charge on any atom is -0.399 e. The molecule has 1 aliphatic heterocycles. The van der Waals surface area contributed by atoms with Gasteiger partial charge in [0.05, 0.1) is 12.2 Å². The number of hydrogen-bond donors (Lipinski definition) is 1. The third-order valence-corrected chi connectivity index (χ3v) is 3.30. The number of amides is 2. The summed E-state index contributed by atoms with van der Waals surface area (Å²) < 4.78 is 0. The molecule has 2 amide bonds. The zero-order valence-electron chi connectivity index (χ0n) is 11.7. The highest BCUT2D eigenvalue weighted by Gasteiger charge is 2.28. The highest BCUT2D eigenvalue weighted by Crippen LogP contribution is 2.30. The van der Waals surface area contributed by atoms with E-state index in [1.165, 1.54) is 0 Å². The van der Waals surface area contributed by atoms with Crippen molar-refractivity contribution in [1.29, 1.82) is 0 Å². The van der Waals surface area contributed by atoms with Gasteiger partial charge in [-0.2, -0.15) is 0 Å². The molecule has 4 heteroatoms. The Morgan fingerprint density at radius 2 is 2.20 bits per heavy atom. The smallest absolute Gasteiger partial charge is 0.324 e. The van der Waals surface area contributed by atoms with E-state index in [1.807, 2.05) is 24.3 Å². The fourth-order valence-corrected chi connectivity index (χ4v) is 2.27. The average molecular weight is 269 g/mol. The summed E-state index contributed by atoms with van der Waals surface area (Å²) >= 11 is 0. The van der Waals surface area contributed by atoms with Gasteiger partial charge in [0.15, 0.2) is 0 Å². The van der Waals surface area contributed by atoms with Crippen LogP contribution < -0.4 is 10.6 Å². The lowest BCUT2D eigenvalue weighted by molar-refractivity contribution is 0.211. The molecule has 0 saturated carbocycles. The summed E-state index contributed by atoms with van der Waals surface area (Å²) in [4.78, 5) is 15.8. The largest absolute Gasteiger partial charge is 0.399 e. The highest BCUT2D eigenvalue weighted by molar-refractivity contribution is 5.95. The lowest BCUT2D eigenvalue weighted by Gasteiger charge is -2.35. The molecule has 0 unspecified atom stereocenters. The van der Waals surface area contributed by atoms with Crippen molar-refractivity contribution in [2.75, 3.05) is 24.2 Å². The van der Waals surface area contributed by atoms with E-state index in [2.05, 4.69) is 13.2 Å². The van der Waals surface area contributed by atoms with Crippen molar-refractivity contribution in [3.63, 3.8) is 0 Å². The summed E-state index contributed by atoms with van der Waals surface area (Å²) in [5, 5.41) is 0.